The third kappa shape index (κ3) is 1.42. The van der Waals surface area contributed by atoms with E-state index in [-0.39, 0.29) is 6.61 Å². The SMILES string of the molecule is OC[C@H]1O[C@@H](n2cccn2)[C@@H](O)C1O. The topological polar surface area (TPSA) is 87.7 Å². The molecule has 6 nitrogen and oxygen atoms in total. The van der Waals surface area contributed by atoms with E-state index in [1.54, 1.807) is 18.5 Å². The van der Waals surface area contributed by atoms with Crippen molar-refractivity contribution in [1.82, 2.24) is 9.78 Å². The fourth-order valence-corrected chi connectivity index (χ4v) is 1.53. The van der Waals surface area contributed by atoms with Gasteiger partial charge in [0.05, 0.1) is 6.61 Å². The van der Waals surface area contributed by atoms with E-state index in [1.807, 2.05) is 0 Å². The lowest BCUT2D eigenvalue weighted by atomic mass is 10.1. The summed E-state index contributed by atoms with van der Waals surface area (Å²) in [7, 11) is 0. The molecule has 1 aliphatic rings. The van der Waals surface area contributed by atoms with Crippen LogP contribution in [0, 0.1) is 0 Å². The summed E-state index contributed by atoms with van der Waals surface area (Å²) in [5.41, 5.74) is 0. The van der Waals surface area contributed by atoms with Crippen molar-refractivity contribution in [3.8, 4) is 0 Å². The second kappa shape index (κ2) is 3.66. The van der Waals surface area contributed by atoms with E-state index in [4.69, 9.17) is 9.84 Å². The highest BCUT2D eigenvalue weighted by Gasteiger charge is 2.43. The third-order valence-electron chi connectivity index (χ3n) is 2.30. The van der Waals surface area contributed by atoms with Gasteiger partial charge in [-0.15, -0.1) is 0 Å². The minimum Gasteiger partial charge on any atom is -0.394 e. The molecule has 0 radical (unpaired) electrons. The third-order valence-corrected chi connectivity index (χ3v) is 2.30. The zero-order valence-corrected chi connectivity index (χ0v) is 7.39. The lowest BCUT2D eigenvalue weighted by molar-refractivity contribution is -0.0586. The molecule has 1 aromatic rings. The number of aromatic nitrogens is 2. The number of aliphatic hydroxyl groups is 3. The Labute approximate surface area is 80.4 Å². The van der Waals surface area contributed by atoms with Crippen LogP contribution in [0.3, 0.4) is 0 Å². The Hall–Kier alpha value is -0.950. The van der Waals surface area contributed by atoms with Crippen LogP contribution in [0.15, 0.2) is 18.5 Å². The molecule has 1 saturated heterocycles. The largest absolute Gasteiger partial charge is 0.394 e. The maximum Gasteiger partial charge on any atom is 0.179 e. The molecule has 2 rings (SSSR count). The summed E-state index contributed by atoms with van der Waals surface area (Å²) >= 11 is 0. The molecule has 1 fully saturated rings. The summed E-state index contributed by atoms with van der Waals surface area (Å²) in [6.07, 6.45) is -0.438. The smallest absolute Gasteiger partial charge is 0.179 e. The van der Waals surface area contributed by atoms with Gasteiger partial charge in [-0.05, 0) is 6.07 Å². The molecule has 0 aliphatic carbocycles. The lowest BCUT2D eigenvalue weighted by Gasteiger charge is -2.14. The Kier molecular flexibility index (Phi) is 2.51. The molecule has 3 N–H and O–H groups in total. The fourth-order valence-electron chi connectivity index (χ4n) is 1.53. The Balaban J connectivity index is 2.16. The average molecular weight is 200 g/mol. The van der Waals surface area contributed by atoms with Crippen LogP contribution in [0.25, 0.3) is 0 Å². The molecule has 1 aromatic heterocycles. The molecule has 0 saturated carbocycles. The predicted molar refractivity (Wildman–Crippen MR) is 45.2 cm³/mol. The standard InChI is InChI=1S/C8H12N2O4/c11-4-5-6(12)7(13)8(14-5)10-3-1-2-9-10/h1-3,5-8,11-13H,4H2/t5-,6?,7+,8-/m1/s1. The first-order valence-corrected chi connectivity index (χ1v) is 4.35. The Morgan fingerprint density at radius 3 is 2.64 bits per heavy atom. The van der Waals surface area contributed by atoms with Crippen LogP contribution in [0.4, 0.5) is 0 Å². The van der Waals surface area contributed by atoms with Crippen molar-refractivity contribution < 1.29 is 20.1 Å². The number of aliphatic hydroxyl groups excluding tert-OH is 3. The first kappa shape index (κ1) is 9.60. The molecule has 14 heavy (non-hydrogen) atoms. The van der Waals surface area contributed by atoms with Gasteiger partial charge in [0, 0.05) is 12.4 Å². The zero-order chi connectivity index (χ0) is 10.1. The summed E-state index contributed by atoms with van der Waals surface area (Å²) < 4.78 is 6.64. The molecule has 4 atom stereocenters. The molecule has 78 valence electrons. The summed E-state index contributed by atoms with van der Waals surface area (Å²) in [6, 6.07) is 1.69. The molecule has 6 heteroatoms. The maximum absolute atomic E-state index is 9.58. The Bertz CT molecular complexity index is 290. The highest BCUT2D eigenvalue weighted by atomic mass is 16.6. The van der Waals surface area contributed by atoms with Crippen molar-refractivity contribution in [3.63, 3.8) is 0 Å². The summed E-state index contributed by atoms with van der Waals surface area (Å²) in [4.78, 5) is 0. The second-order valence-corrected chi connectivity index (χ2v) is 3.21. The predicted octanol–water partition coefficient (Wildman–Crippen LogP) is -1.51. The number of rotatable bonds is 2. The minimum absolute atomic E-state index is 0.323. The van der Waals surface area contributed by atoms with Gasteiger partial charge >= 0.3 is 0 Å². The van der Waals surface area contributed by atoms with Gasteiger partial charge < -0.3 is 20.1 Å². The number of nitrogens with zero attached hydrogens (tertiary/aromatic N) is 2. The molecular formula is C8H12N2O4. The van der Waals surface area contributed by atoms with Crippen molar-refractivity contribution >= 4 is 0 Å². The molecule has 0 spiro atoms. The quantitative estimate of drug-likeness (QED) is 0.540. The average Bonchev–Trinajstić information content (AvgIpc) is 2.78. The number of hydrogen-bond acceptors (Lipinski definition) is 5. The maximum atomic E-state index is 9.58. The molecule has 0 aromatic carbocycles. The van der Waals surface area contributed by atoms with E-state index >= 15 is 0 Å². The van der Waals surface area contributed by atoms with Gasteiger partial charge in [-0.1, -0.05) is 0 Å². The Morgan fingerprint density at radius 1 is 1.36 bits per heavy atom. The van der Waals surface area contributed by atoms with E-state index in [9.17, 15) is 10.2 Å². The minimum atomic E-state index is -1.07. The molecule has 1 unspecified atom stereocenters. The van der Waals surface area contributed by atoms with E-state index in [1.165, 1.54) is 4.68 Å². The summed E-state index contributed by atoms with van der Waals surface area (Å²) in [5.74, 6) is 0. The number of ether oxygens (including phenoxy) is 1. The van der Waals surface area contributed by atoms with E-state index < -0.39 is 24.5 Å². The van der Waals surface area contributed by atoms with Gasteiger partial charge in [0.2, 0.25) is 0 Å². The van der Waals surface area contributed by atoms with E-state index in [0.717, 1.165) is 0 Å². The van der Waals surface area contributed by atoms with Crippen LogP contribution in [0.1, 0.15) is 6.23 Å². The van der Waals surface area contributed by atoms with Gasteiger partial charge in [-0.25, -0.2) is 4.68 Å². The van der Waals surface area contributed by atoms with Crippen molar-refractivity contribution in [3.05, 3.63) is 18.5 Å². The van der Waals surface area contributed by atoms with Crippen molar-refractivity contribution in [2.24, 2.45) is 0 Å². The van der Waals surface area contributed by atoms with Gasteiger partial charge in [0.25, 0.3) is 0 Å². The molecular weight excluding hydrogens is 188 g/mol. The van der Waals surface area contributed by atoms with Crippen LogP contribution in [0.5, 0.6) is 0 Å². The monoisotopic (exact) mass is 200 g/mol. The summed E-state index contributed by atoms with van der Waals surface area (Å²) in [6.45, 7) is -0.323. The van der Waals surface area contributed by atoms with E-state index in [0.29, 0.717) is 0 Å². The van der Waals surface area contributed by atoms with Crippen LogP contribution in [-0.4, -0.2) is 50.0 Å². The zero-order valence-electron chi connectivity index (χ0n) is 7.39. The summed E-state index contributed by atoms with van der Waals surface area (Å²) in [5, 5.41) is 31.8. The van der Waals surface area contributed by atoms with Gasteiger partial charge in [0.1, 0.15) is 18.3 Å². The van der Waals surface area contributed by atoms with Crippen LogP contribution in [-0.2, 0) is 4.74 Å². The molecule has 1 aliphatic heterocycles. The second-order valence-electron chi connectivity index (χ2n) is 3.21. The van der Waals surface area contributed by atoms with Crippen molar-refractivity contribution in [1.29, 1.82) is 0 Å². The van der Waals surface area contributed by atoms with Gasteiger partial charge in [-0.2, -0.15) is 5.10 Å². The fraction of sp³-hybridized carbons (Fsp3) is 0.625. The van der Waals surface area contributed by atoms with Crippen LogP contribution >= 0.6 is 0 Å². The van der Waals surface area contributed by atoms with Crippen LogP contribution in [0.2, 0.25) is 0 Å². The highest BCUT2D eigenvalue weighted by Crippen LogP contribution is 2.28. The Morgan fingerprint density at radius 2 is 2.14 bits per heavy atom. The lowest BCUT2D eigenvalue weighted by Crippen LogP contribution is -2.33. The van der Waals surface area contributed by atoms with Crippen molar-refractivity contribution in [2.75, 3.05) is 6.61 Å². The molecule has 0 amide bonds. The van der Waals surface area contributed by atoms with Gasteiger partial charge in [-0.3, -0.25) is 0 Å². The number of hydrogen-bond donors (Lipinski definition) is 3. The highest BCUT2D eigenvalue weighted by molar-refractivity contribution is 4.90. The van der Waals surface area contributed by atoms with E-state index in [2.05, 4.69) is 5.10 Å². The molecule has 0 bridgehead atoms. The van der Waals surface area contributed by atoms with Crippen LogP contribution < -0.4 is 0 Å². The normalized spacial score (nSPS) is 37.6. The first-order valence-electron chi connectivity index (χ1n) is 4.35. The molecule has 2 heterocycles. The first-order chi connectivity index (χ1) is 6.74. The van der Waals surface area contributed by atoms with Gasteiger partial charge in [0.15, 0.2) is 6.23 Å². The van der Waals surface area contributed by atoms with Crippen molar-refractivity contribution in [2.45, 2.75) is 24.5 Å².